The molecule has 8 heteroatoms. The normalized spacial score (nSPS) is 11.0. The molecule has 6 nitrogen and oxygen atoms in total. The average Bonchev–Trinajstić information content (AvgIpc) is 3.00. The lowest BCUT2D eigenvalue weighted by Gasteiger charge is -2.09. The molecule has 0 radical (unpaired) electrons. The van der Waals surface area contributed by atoms with Crippen molar-refractivity contribution in [2.45, 2.75) is 0 Å². The van der Waals surface area contributed by atoms with Gasteiger partial charge in [-0.3, -0.25) is 0 Å². The summed E-state index contributed by atoms with van der Waals surface area (Å²) >= 11 is 11.5. The number of methoxy groups -OCH3 is 2. The topological polar surface area (TPSA) is 64.4 Å². The molecule has 0 aliphatic heterocycles. The zero-order chi connectivity index (χ0) is 17.8. The summed E-state index contributed by atoms with van der Waals surface area (Å²) in [4.78, 5) is 0. The molecule has 0 unspecified atom stereocenters. The minimum absolute atomic E-state index is 0.355. The van der Waals surface area contributed by atoms with E-state index in [9.17, 15) is 0 Å². The third-order valence-corrected chi connectivity index (χ3v) is 4.10. The molecule has 1 heterocycles. The van der Waals surface area contributed by atoms with Gasteiger partial charge in [-0.1, -0.05) is 29.8 Å². The zero-order valence-corrected chi connectivity index (χ0v) is 15.1. The molecular formula is C17H15ClN4O2S. The van der Waals surface area contributed by atoms with E-state index in [4.69, 9.17) is 33.3 Å². The molecule has 0 aliphatic rings. The van der Waals surface area contributed by atoms with E-state index >= 15 is 0 Å². The van der Waals surface area contributed by atoms with Crippen LogP contribution in [0.4, 0.5) is 0 Å². The van der Waals surface area contributed by atoms with E-state index in [0.717, 1.165) is 11.1 Å². The molecule has 0 aliphatic carbocycles. The lowest BCUT2D eigenvalue weighted by Crippen LogP contribution is -1.98. The van der Waals surface area contributed by atoms with E-state index in [0.29, 0.717) is 27.1 Å². The third kappa shape index (κ3) is 3.42. The van der Waals surface area contributed by atoms with Crippen LogP contribution in [0.3, 0.4) is 0 Å². The maximum absolute atomic E-state index is 6.25. The Balaban J connectivity index is 2.06. The Morgan fingerprint density at radius 1 is 1.16 bits per heavy atom. The number of aromatic nitrogens is 3. The quantitative estimate of drug-likeness (QED) is 0.538. The summed E-state index contributed by atoms with van der Waals surface area (Å²) in [5.41, 5.74) is 1.47. The van der Waals surface area contributed by atoms with Crippen LogP contribution in [0.5, 0.6) is 11.5 Å². The number of nitrogens with one attached hydrogen (secondary N) is 1. The highest BCUT2D eigenvalue weighted by molar-refractivity contribution is 7.71. The largest absolute Gasteiger partial charge is 0.493 e. The molecule has 25 heavy (non-hydrogen) atoms. The second kappa shape index (κ2) is 7.50. The Bertz CT molecular complexity index is 981. The highest BCUT2D eigenvalue weighted by Gasteiger charge is 2.12. The molecular weight excluding hydrogens is 360 g/mol. The van der Waals surface area contributed by atoms with Gasteiger partial charge in [0, 0.05) is 11.1 Å². The number of rotatable bonds is 5. The Hall–Kier alpha value is -2.64. The van der Waals surface area contributed by atoms with Crippen molar-refractivity contribution in [1.29, 1.82) is 0 Å². The van der Waals surface area contributed by atoms with Crippen LogP contribution in [0.1, 0.15) is 5.56 Å². The summed E-state index contributed by atoms with van der Waals surface area (Å²) in [6, 6.07) is 12.9. The fourth-order valence-corrected chi connectivity index (χ4v) is 2.75. The first-order chi connectivity index (χ1) is 12.2. The number of H-pyrrole nitrogens is 1. The number of para-hydroxylation sites is 1. The molecule has 3 rings (SSSR count). The van der Waals surface area contributed by atoms with Gasteiger partial charge in [-0.05, 0) is 36.5 Å². The van der Waals surface area contributed by atoms with Crippen LogP contribution in [-0.2, 0) is 0 Å². The van der Waals surface area contributed by atoms with Crippen molar-refractivity contribution in [2.24, 2.45) is 5.10 Å². The van der Waals surface area contributed by atoms with Gasteiger partial charge in [0.1, 0.15) is 0 Å². The van der Waals surface area contributed by atoms with Crippen molar-refractivity contribution in [2.75, 3.05) is 14.2 Å². The highest BCUT2D eigenvalue weighted by Crippen LogP contribution is 2.30. The Labute approximate surface area is 154 Å². The van der Waals surface area contributed by atoms with Crippen LogP contribution in [0.2, 0.25) is 5.02 Å². The van der Waals surface area contributed by atoms with E-state index in [2.05, 4.69) is 15.3 Å². The predicted molar refractivity (Wildman–Crippen MR) is 100 cm³/mol. The van der Waals surface area contributed by atoms with Crippen LogP contribution in [0, 0.1) is 4.77 Å². The van der Waals surface area contributed by atoms with E-state index in [1.807, 2.05) is 36.4 Å². The molecule has 0 atom stereocenters. The number of benzene rings is 2. The molecule has 128 valence electrons. The summed E-state index contributed by atoms with van der Waals surface area (Å²) in [5, 5.41) is 12.0. The van der Waals surface area contributed by atoms with Gasteiger partial charge in [-0.15, -0.1) is 0 Å². The van der Waals surface area contributed by atoms with Gasteiger partial charge in [0.25, 0.3) is 0 Å². The third-order valence-electron chi connectivity index (χ3n) is 3.51. The zero-order valence-electron chi connectivity index (χ0n) is 13.6. The maximum Gasteiger partial charge on any atom is 0.216 e. The fraction of sp³-hybridized carbons (Fsp3) is 0.118. The van der Waals surface area contributed by atoms with Gasteiger partial charge in [0.15, 0.2) is 17.3 Å². The first kappa shape index (κ1) is 17.2. The van der Waals surface area contributed by atoms with Crippen molar-refractivity contribution in [3.8, 4) is 22.9 Å². The second-order valence-corrected chi connectivity index (χ2v) is 5.77. The van der Waals surface area contributed by atoms with Gasteiger partial charge >= 0.3 is 0 Å². The smallest absolute Gasteiger partial charge is 0.216 e. The summed E-state index contributed by atoms with van der Waals surface area (Å²) < 4.78 is 12.6. The van der Waals surface area contributed by atoms with Crippen molar-refractivity contribution < 1.29 is 9.47 Å². The maximum atomic E-state index is 6.25. The monoisotopic (exact) mass is 374 g/mol. The van der Waals surface area contributed by atoms with Crippen molar-refractivity contribution in [3.63, 3.8) is 0 Å². The lowest BCUT2D eigenvalue weighted by molar-refractivity contribution is 0.354. The molecule has 0 spiro atoms. The molecule has 2 aromatic carbocycles. The van der Waals surface area contributed by atoms with Gasteiger partial charge in [0.2, 0.25) is 4.77 Å². The SMILES string of the molecule is COc1cccc(C=Nn2c(-c3ccccc3Cl)n[nH]c2=S)c1OC. The molecule has 3 aromatic rings. The van der Waals surface area contributed by atoms with Crippen molar-refractivity contribution >= 4 is 30.0 Å². The van der Waals surface area contributed by atoms with Gasteiger partial charge in [0.05, 0.1) is 25.5 Å². The summed E-state index contributed by atoms with van der Waals surface area (Å²) in [7, 11) is 3.16. The second-order valence-electron chi connectivity index (χ2n) is 4.97. The lowest BCUT2D eigenvalue weighted by atomic mass is 10.2. The first-order valence-corrected chi connectivity index (χ1v) is 8.12. The number of ether oxygens (including phenoxy) is 2. The summed E-state index contributed by atoms with van der Waals surface area (Å²) in [6.07, 6.45) is 1.63. The Morgan fingerprint density at radius 3 is 2.68 bits per heavy atom. The molecule has 0 bridgehead atoms. The van der Waals surface area contributed by atoms with Crippen LogP contribution < -0.4 is 9.47 Å². The molecule has 0 fully saturated rings. The number of hydrogen-bond donors (Lipinski definition) is 1. The fourth-order valence-electron chi connectivity index (χ4n) is 2.35. The molecule has 0 saturated heterocycles. The minimum atomic E-state index is 0.355. The van der Waals surface area contributed by atoms with E-state index in [1.54, 1.807) is 26.5 Å². The number of aromatic amines is 1. The molecule has 0 saturated carbocycles. The molecule has 1 N–H and O–H groups in total. The van der Waals surface area contributed by atoms with Gasteiger partial charge < -0.3 is 9.47 Å². The summed E-state index contributed by atoms with van der Waals surface area (Å²) in [6.45, 7) is 0. The van der Waals surface area contributed by atoms with Crippen molar-refractivity contribution in [3.05, 3.63) is 57.8 Å². The van der Waals surface area contributed by atoms with E-state index < -0.39 is 0 Å². The van der Waals surface area contributed by atoms with E-state index in [-0.39, 0.29) is 0 Å². The van der Waals surface area contributed by atoms with Crippen LogP contribution in [-0.4, -0.2) is 35.3 Å². The van der Waals surface area contributed by atoms with Gasteiger partial charge in [-0.2, -0.15) is 14.9 Å². The molecule has 1 aromatic heterocycles. The number of halogens is 1. The predicted octanol–water partition coefficient (Wildman–Crippen LogP) is 4.16. The molecule has 0 amide bonds. The summed E-state index contributed by atoms with van der Waals surface area (Å²) in [5.74, 6) is 1.73. The van der Waals surface area contributed by atoms with Crippen LogP contribution >= 0.6 is 23.8 Å². The van der Waals surface area contributed by atoms with E-state index in [1.165, 1.54) is 4.68 Å². The van der Waals surface area contributed by atoms with Gasteiger partial charge in [-0.25, -0.2) is 5.10 Å². The van der Waals surface area contributed by atoms with Crippen LogP contribution in [0.15, 0.2) is 47.6 Å². The standard InChI is InChI=1S/C17H15ClN4O2S/c1-23-14-9-5-6-11(15(14)24-2)10-19-22-16(20-21-17(22)25)12-7-3-4-8-13(12)18/h3-10H,1-2H3,(H,21,25). The Kier molecular flexibility index (Phi) is 5.16. The number of nitrogens with zero attached hydrogens (tertiary/aromatic N) is 3. The average molecular weight is 375 g/mol. The minimum Gasteiger partial charge on any atom is -0.493 e. The van der Waals surface area contributed by atoms with Crippen LogP contribution in [0.25, 0.3) is 11.4 Å². The highest BCUT2D eigenvalue weighted by atomic mass is 35.5. The van der Waals surface area contributed by atoms with Crippen molar-refractivity contribution in [1.82, 2.24) is 14.9 Å². The number of hydrogen-bond acceptors (Lipinski definition) is 5. The Morgan fingerprint density at radius 2 is 1.96 bits per heavy atom. The first-order valence-electron chi connectivity index (χ1n) is 7.33.